The van der Waals surface area contributed by atoms with Crippen LogP contribution in [0.4, 0.5) is 0 Å². The number of hydrogen-bond donors (Lipinski definition) is 0. The number of rotatable bonds is 8. The van der Waals surface area contributed by atoms with Gasteiger partial charge in [0.1, 0.15) is 17.3 Å². The molecule has 0 aliphatic carbocycles. The fourth-order valence-corrected chi connectivity index (χ4v) is 8.04. The van der Waals surface area contributed by atoms with Gasteiger partial charge in [0.2, 0.25) is 0 Å². The normalized spacial score (nSPS) is 20.0. The lowest BCUT2D eigenvalue weighted by atomic mass is 9.93. The molecule has 3 aliphatic heterocycles. The Morgan fingerprint density at radius 3 is 2.53 bits per heavy atom. The molecule has 1 atom stereocenters. The third-order valence-electron chi connectivity index (χ3n) is 9.99. The number of amides is 1. The fourth-order valence-electron chi connectivity index (χ4n) is 7.23. The lowest BCUT2D eigenvalue weighted by molar-refractivity contribution is 0.0677. The Hall–Kier alpha value is -4.08. The number of piperazine rings is 1. The van der Waals surface area contributed by atoms with Gasteiger partial charge < -0.3 is 19.3 Å². The zero-order valence-electron chi connectivity index (χ0n) is 27.5. The number of likely N-dealkylation sites (tertiary alicyclic amines) is 1. The summed E-state index contributed by atoms with van der Waals surface area (Å²) in [6, 6.07) is 14.8. The first-order valence-corrected chi connectivity index (χ1v) is 17.7. The summed E-state index contributed by atoms with van der Waals surface area (Å²) in [5.41, 5.74) is 4.61. The first-order valence-electron chi connectivity index (χ1n) is 16.8. The van der Waals surface area contributed by atoms with E-state index in [-0.39, 0.29) is 11.9 Å². The second kappa shape index (κ2) is 13.6. The Morgan fingerprint density at radius 2 is 1.79 bits per heavy atom. The van der Waals surface area contributed by atoms with E-state index >= 15 is 0 Å². The van der Waals surface area contributed by atoms with Gasteiger partial charge in [-0.2, -0.15) is 0 Å². The number of nitrogens with zero attached hydrogens (tertiary/aromatic N) is 7. The number of fused-ring (bicyclic) bond motifs is 1. The van der Waals surface area contributed by atoms with Crippen LogP contribution >= 0.6 is 11.3 Å². The highest BCUT2D eigenvalue weighted by atomic mass is 32.1. The Balaban J connectivity index is 1.08. The van der Waals surface area contributed by atoms with Gasteiger partial charge in [0, 0.05) is 75.1 Å². The van der Waals surface area contributed by atoms with Crippen molar-refractivity contribution in [3.63, 3.8) is 0 Å². The minimum Gasteiger partial charge on any atom is -0.337 e. The average molecular weight is 650 g/mol. The van der Waals surface area contributed by atoms with E-state index in [9.17, 15) is 9.59 Å². The first-order chi connectivity index (χ1) is 22.9. The number of piperidine rings is 1. The van der Waals surface area contributed by atoms with E-state index in [1.54, 1.807) is 11.3 Å². The summed E-state index contributed by atoms with van der Waals surface area (Å²) in [5.74, 6) is 3.19. The number of hydrogen-bond acceptors (Lipinski definition) is 8. The molecular formula is C37H43N7O2S. The van der Waals surface area contributed by atoms with Crippen LogP contribution in [-0.2, 0) is 17.9 Å². The molecule has 2 aromatic carbocycles. The molecular weight excluding hydrogens is 607 g/mol. The van der Waals surface area contributed by atoms with Crippen LogP contribution in [0.1, 0.15) is 59.4 Å². The molecule has 1 amide bonds. The highest BCUT2D eigenvalue weighted by Crippen LogP contribution is 2.39. The summed E-state index contributed by atoms with van der Waals surface area (Å²) in [4.78, 5) is 43.9. The number of carbonyl (C=O) groups excluding carboxylic acids is 2. The van der Waals surface area contributed by atoms with E-state index in [1.165, 1.54) is 10.8 Å². The van der Waals surface area contributed by atoms with E-state index in [2.05, 4.69) is 105 Å². The zero-order chi connectivity index (χ0) is 32.5. The molecule has 0 N–H and O–H groups in total. The summed E-state index contributed by atoms with van der Waals surface area (Å²) in [5, 5.41) is 5.29. The molecule has 47 heavy (non-hydrogen) atoms. The van der Waals surface area contributed by atoms with Crippen LogP contribution in [0.15, 0.2) is 72.3 Å². The van der Waals surface area contributed by atoms with Crippen molar-refractivity contribution >= 4 is 39.5 Å². The molecule has 1 unspecified atom stereocenters. The molecule has 7 rings (SSSR count). The van der Waals surface area contributed by atoms with E-state index in [0.29, 0.717) is 29.8 Å². The van der Waals surface area contributed by atoms with Crippen molar-refractivity contribution in [3.8, 4) is 0 Å². The predicted octanol–water partition coefficient (Wildman–Crippen LogP) is 5.36. The molecule has 0 radical (unpaired) electrons. The maximum atomic E-state index is 13.1. The summed E-state index contributed by atoms with van der Waals surface area (Å²) < 4.78 is 2.23. The third kappa shape index (κ3) is 6.43. The molecule has 0 bridgehead atoms. The largest absolute Gasteiger partial charge is 0.337 e. The van der Waals surface area contributed by atoms with Crippen LogP contribution < -0.4 is 0 Å². The molecule has 2 aromatic heterocycles. The molecule has 9 nitrogen and oxygen atoms in total. The molecule has 244 valence electrons. The van der Waals surface area contributed by atoms with Gasteiger partial charge in [0.05, 0.1) is 29.6 Å². The lowest BCUT2D eigenvalue weighted by Gasteiger charge is -2.37. The summed E-state index contributed by atoms with van der Waals surface area (Å²) in [6.07, 6.45) is 7.87. The maximum Gasteiger partial charge on any atom is 0.273 e. The van der Waals surface area contributed by atoms with Gasteiger partial charge in [-0.25, -0.2) is 14.8 Å². The second-order valence-electron chi connectivity index (χ2n) is 13.5. The van der Waals surface area contributed by atoms with Crippen LogP contribution in [0.5, 0.6) is 0 Å². The number of carbonyl (C=O) groups is 1. The first kappa shape index (κ1) is 31.5. The van der Waals surface area contributed by atoms with Crippen molar-refractivity contribution in [1.29, 1.82) is 0 Å². The molecule has 4 aromatic rings. The fraction of sp³-hybridized carbons (Fsp3) is 0.432. The van der Waals surface area contributed by atoms with Crippen LogP contribution in [0.3, 0.4) is 0 Å². The Morgan fingerprint density at radius 1 is 1.02 bits per heavy atom. The number of imidazole rings is 1. The molecule has 2 saturated heterocycles. The Labute approximate surface area is 280 Å². The van der Waals surface area contributed by atoms with E-state index in [4.69, 9.17) is 0 Å². The van der Waals surface area contributed by atoms with E-state index < -0.39 is 0 Å². The van der Waals surface area contributed by atoms with Crippen molar-refractivity contribution < 1.29 is 9.59 Å². The van der Waals surface area contributed by atoms with Crippen molar-refractivity contribution in [3.05, 3.63) is 94.2 Å². The van der Waals surface area contributed by atoms with Gasteiger partial charge in [-0.1, -0.05) is 56.3 Å². The van der Waals surface area contributed by atoms with Gasteiger partial charge in [-0.05, 0) is 42.1 Å². The molecule has 0 saturated carbocycles. The smallest absolute Gasteiger partial charge is 0.273 e. The second-order valence-corrected chi connectivity index (χ2v) is 14.4. The Bertz CT molecular complexity index is 1820. The van der Waals surface area contributed by atoms with Gasteiger partial charge in [0.25, 0.3) is 5.91 Å². The topological polar surface area (TPSA) is 77.8 Å². The monoisotopic (exact) mass is 649 g/mol. The SMILES string of the molecule is CC(C)c1nc(C(=O)N2CCC(Cn3cncc3CN3C=C(c4cccc5ccccc45)C(N4CCN(C)CC4)C3=C=O)CC2)cs1. The van der Waals surface area contributed by atoms with Gasteiger partial charge in [-0.3, -0.25) is 9.69 Å². The van der Waals surface area contributed by atoms with Crippen LogP contribution in [0.25, 0.3) is 16.3 Å². The average Bonchev–Trinajstić information content (AvgIpc) is 3.84. The number of likely N-dealkylation sites (N-methyl/N-ethyl adjacent to an activating group) is 1. The minimum atomic E-state index is -0.153. The standard InChI is InChI=1S/C37H43N7O2S/c1-26(2)36-39-33(24-47-36)37(46)42-13-11-27(12-14-42)20-44-25-38-19-29(44)21-43-22-32(31-10-6-8-28-7-4-5-9-30(28)31)35(34(43)23-45)41-17-15-40(3)16-18-41/h4-10,19,22,24-27,35H,11-18,20-21H2,1-3H3. The van der Waals surface area contributed by atoms with Gasteiger partial charge in [0.15, 0.2) is 0 Å². The van der Waals surface area contributed by atoms with E-state index in [0.717, 1.165) is 80.5 Å². The van der Waals surface area contributed by atoms with Gasteiger partial charge >= 0.3 is 0 Å². The third-order valence-corrected chi connectivity index (χ3v) is 11.1. The van der Waals surface area contributed by atoms with Crippen molar-refractivity contribution in [2.45, 2.75) is 51.7 Å². The summed E-state index contributed by atoms with van der Waals surface area (Å²) in [6.45, 7) is 10.8. The molecule has 5 heterocycles. The van der Waals surface area contributed by atoms with Crippen LogP contribution in [0, 0.1) is 5.92 Å². The van der Waals surface area contributed by atoms with Crippen LogP contribution in [0.2, 0.25) is 0 Å². The summed E-state index contributed by atoms with van der Waals surface area (Å²) >= 11 is 1.57. The highest BCUT2D eigenvalue weighted by molar-refractivity contribution is 7.09. The van der Waals surface area contributed by atoms with Crippen molar-refractivity contribution in [2.24, 2.45) is 5.92 Å². The quantitative estimate of drug-likeness (QED) is 0.238. The molecule has 2 fully saturated rings. The number of thiazole rings is 1. The number of aromatic nitrogens is 3. The lowest BCUT2D eigenvalue weighted by Crippen LogP contribution is -2.50. The van der Waals surface area contributed by atoms with E-state index in [1.807, 2.05) is 22.8 Å². The number of benzene rings is 2. The van der Waals surface area contributed by atoms with Gasteiger partial charge in [-0.15, -0.1) is 11.3 Å². The zero-order valence-corrected chi connectivity index (χ0v) is 28.3. The van der Waals surface area contributed by atoms with Crippen molar-refractivity contribution in [2.75, 3.05) is 46.3 Å². The Kier molecular flexibility index (Phi) is 9.10. The van der Waals surface area contributed by atoms with Crippen LogP contribution in [-0.4, -0.2) is 98.3 Å². The molecule has 0 spiro atoms. The predicted molar refractivity (Wildman–Crippen MR) is 187 cm³/mol. The molecule has 10 heteroatoms. The highest BCUT2D eigenvalue weighted by Gasteiger charge is 2.38. The summed E-state index contributed by atoms with van der Waals surface area (Å²) in [7, 11) is 2.16. The minimum absolute atomic E-state index is 0.0424. The molecule has 3 aliphatic rings. The maximum absolute atomic E-state index is 13.1. The van der Waals surface area contributed by atoms with Crippen molar-refractivity contribution in [1.82, 2.24) is 34.1 Å².